The van der Waals surface area contributed by atoms with Crippen molar-refractivity contribution < 1.29 is 38.4 Å². The zero-order valence-electron chi connectivity index (χ0n) is 31.7. The standard InChI is InChI=1S/C40H62N2O8/c1-23-17-26(34(36(5,6)45)48-24(2)43)49-32-31(23)37(7)13-14-40-21-39(40)12-11-29(35(3,4)27(39)9-10-28(40)38(37,8)33(32)44)50-30-19-42(15-16-47-30)18-25-20-46-22-41-25/h20,22-23,26-34,44-45H,9-19,21H2,1-8H3. The summed E-state index contributed by atoms with van der Waals surface area (Å²) in [5, 5.41) is 23.6. The number of aromatic nitrogens is 1. The van der Waals surface area contributed by atoms with Gasteiger partial charge in [-0.25, -0.2) is 4.98 Å². The van der Waals surface area contributed by atoms with Gasteiger partial charge in [0, 0.05) is 25.4 Å². The normalized spacial score (nSPS) is 48.7. The fourth-order valence-electron chi connectivity index (χ4n) is 14.2. The van der Waals surface area contributed by atoms with E-state index in [9.17, 15) is 15.0 Å². The second-order valence-corrected chi connectivity index (χ2v) is 19.4. The van der Waals surface area contributed by atoms with Gasteiger partial charge in [-0.2, -0.15) is 0 Å². The van der Waals surface area contributed by atoms with E-state index in [1.54, 1.807) is 20.1 Å². The Bertz CT molecular complexity index is 1440. The molecule has 7 aliphatic rings. The molecule has 2 saturated heterocycles. The van der Waals surface area contributed by atoms with Crippen molar-refractivity contribution >= 4 is 5.97 Å². The van der Waals surface area contributed by atoms with Crippen LogP contribution in [-0.4, -0.2) is 88.2 Å². The van der Waals surface area contributed by atoms with Gasteiger partial charge in [0.15, 0.2) is 18.8 Å². The number of oxazole rings is 1. The van der Waals surface area contributed by atoms with Crippen LogP contribution in [0.3, 0.4) is 0 Å². The van der Waals surface area contributed by atoms with Crippen molar-refractivity contribution in [2.24, 2.45) is 50.7 Å². The van der Waals surface area contributed by atoms with Crippen molar-refractivity contribution in [3.05, 3.63) is 18.4 Å². The van der Waals surface area contributed by atoms with E-state index in [1.807, 2.05) is 0 Å². The molecule has 5 aliphatic carbocycles. The smallest absolute Gasteiger partial charge is 0.303 e. The molecule has 0 aromatic carbocycles. The molecule has 10 heteroatoms. The summed E-state index contributed by atoms with van der Waals surface area (Å²) in [5.74, 6) is 1.05. The zero-order chi connectivity index (χ0) is 35.6. The first-order valence-corrected chi connectivity index (χ1v) is 19.6. The molecular weight excluding hydrogens is 636 g/mol. The van der Waals surface area contributed by atoms with Crippen LogP contribution in [0.5, 0.6) is 0 Å². The molecule has 10 nitrogen and oxygen atoms in total. The van der Waals surface area contributed by atoms with Crippen LogP contribution in [0.25, 0.3) is 0 Å². The second kappa shape index (κ2) is 11.7. The topological polar surface area (TPSA) is 124 Å². The van der Waals surface area contributed by atoms with Crippen LogP contribution >= 0.6 is 0 Å². The Balaban J connectivity index is 1.01. The van der Waals surface area contributed by atoms with E-state index in [2.05, 4.69) is 44.5 Å². The van der Waals surface area contributed by atoms with Crippen molar-refractivity contribution in [2.75, 3.05) is 19.7 Å². The summed E-state index contributed by atoms with van der Waals surface area (Å²) < 4.78 is 30.9. The Labute approximate surface area is 298 Å². The molecule has 7 fully saturated rings. The Kier molecular flexibility index (Phi) is 8.31. The lowest BCUT2D eigenvalue weighted by atomic mass is 9.41. The lowest BCUT2D eigenvalue weighted by molar-refractivity contribution is -0.249. The molecule has 14 unspecified atom stereocenters. The monoisotopic (exact) mass is 698 g/mol. The van der Waals surface area contributed by atoms with Gasteiger partial charge >= 0.3 is 5.97 Å². The van der Waals surface area contributed by atoms with Gasteiger partial charge < -0.3 is 33.6 Å². The number of hydrogen-bond donors (Lipinski definition) is 2. The summed E-state index contributed by atoms with van der Waals surface area (Å²) in [6.07, 6.45) is 9.65. The highest BCUT2D eigenvalue weighted by Gasteiger charge is 2.84. The molecule has 14 atom stereocenters. The fraction of sp³-hybridized carbons (Fsp3) is 0.900. The maximum Gasteiger partial charge on any atom is 0.303 e. The van der Waals surface area contributed by atoms with E-state index in [1.165, 1.54) is 32.6 Å². The van der Waals surface area contributed by atoms with Crippen molar-refractivity contribution in [3.8, 4) is 0 Å². The van der Waals surface area contributed by atoms with Crippen LogP contribution in [0.1, 0.15) is 112 Å². The number of carbonyl (C=O) groups is 1. The first kappa shape index (κ1) is 35.5. The highest BCUT2D eigenvalue weighted by molar-refractivity contribution is 5.66. The third-order valence-corrected chi connectivity index (χ3v) is 16.4. The Hall–Kier alpha value is -1.56. The third kappa shape index (κ3) is 4.93. The van der Waals surface area contributed by atoms with Crippen LogP contribution in [-0.2, 0) is 30.3 Å². The van der Waals surface area contributed by atoms with Gasteiger partial charge in [0.05, 0.1) is 48.9 Å². The minimum Gasteiger partial charge on any atom is -0.457 e. The number of carbonyl (C=O) groups excluding carboxylic acids is 1. The number of morpholine rings is 1. The van der Waals surface area contributed by atoms with E-state index in [-0.39, 0.29) is 52.0 Å². The number of fused-ring (bicyclic) bond motifs is 4. The SMILES string of the molecule is CC(=O)OC(C1CC(C)C2C(O1)C(O)C1(C)C3CCC4C(C)(C)C(OC5CN(Cc6cocn6)CCO5)CCC45CC35CCC21C)C(C)(C)O. The lowest BCUT2D eigenvalue weighted by Crippen LogP contribution is -2.60. The number of aliphatic hydroxyl groups excluding tert-OH is 1. The molecule has 2 aliphatic heterocycles. The van der Waals surface area contributed by atoms with Crippen molar-refractivity contribution in [1.82, 2.24) is 9.88 Å². The summed E-state index contributed by atoms with van der Waals surface area (Å²) in [4.78, 5) is 18.8. The molecule has 1 aromatic heterocycles. The largest absolute Gasteiger partial charge is 0.457 e. The molecule has 8 rings (SSSR count). The van der Waals surface area contributed by atoms with Crippen LogP contribution in [0.2, 0.25) is 0 Å². The van der Waals surface area contributed by atoms with E-state index in [4.69, 9.17) is 23.4 Å². The Morgan fingerprint density at radius 2 is 1.86 bits per heavy atom. The first-order valence-electron chi connectivity index (χ1n) is 19.6. The number of aliphatic hydroxyl groups is 2. The number of rotatable bonds is 7. The first-order chi connectivity index (χ1) is 23.5. The van der Waals surface area contributed by atoms with Gasteiger partial charge in [-0.05, 0) is 111 Å². The highest BCUT2D eigenvalue weighted by atomic mass is 16.7. The highest BCUT2D eigenvalue weighted by Crippen LogP contribution is 2.89. The van der Waals surface area contributed by atoms with Crippen LogP contribution in [0.4, 0.5) is 0 Å². The average Bonchev–Trinajstić information content (AvgIpc) is 3.33. The summed E-state index contributed by atoms with van der Waals surface area (Å²) in [6.45, 7) is 19.8. The molecule has 1 aromatic rings. The fourth-order valence-corrected chi connectivity index (χ4v) is 14.2. The van der Waals surface area contributed by atoms with Gasteiger partial charge in [-0.1, -0.05) is 34.6 Å². The summed E-state index contributed by atoms with van der Waals surface area (Å²) in [5.41, 5.74) is -0.123. The van der Waals surface area contributed by atoms with Gasteiger partial charge in [0.2, 0.25) is 0 Å². The minimum absolute atomic E-state index is 0.0159. The molecule has 0 amide bonds. The zero-order valence-corrected chi connectivity index (χ0v) is 31.7. The van der Waals surface area contributed by atoms with Crippen LogP contribution < -0.4 is 0 Å². The molecule has 0 radical (unpaired) electrons. The van der Waals surface area contributed by atoms with Gasteiger partial charge in [0.1, 0.15) is 6.26 Å². The minimum atomic E-state index is -1.26. The van der Waals surface area contributed by atoms with E-state index < -0.39 is 29.9 Å². The van der Waals surface area contributed by atoms with Gasteiger partial charge in [-0.3, -0.25) is 9.69 Å². The maximum atomic E-state index is 12.6. The average molecular weight is 699 g/mol. The molecule has 3 heterocycles. The molecule has 50 heavy (non-hydrogen) atoms. The second-order valence-electron chi connectivity index (χ2n) is 19.4. The number of hydrogen-bond acceptors (Lipinski definition) is 10. The van der Waals surface area contributed by atoms with E-state index in [0.29, 0.717) is 30.3 Å². The van der Waals surface area contributed by atoms with E-state index in [0.717, 1.165) is 51.0 Å². The number of ether oxygens (including phenoxy) is 4. The number of esters is 1. The molecule has 2 spiro atoms. The van der Waals surface area contributed by atoms with Crippen LogP contribution in [0.15, 0.2) is 17.1 Å². The Morgan fingerprint density at radius 1 is 1.12 bits per heavy atom. The maximum absolute atomic E-state index is 12.6. The number of nitrogens with zero attached hydrogens (tertiary/aromatic N) is 2. The summed E-state index contributed by atoms with van der Waals surface area (Å²) >= 11 is 0. The predicted molar refractivity (Wildman–Crippen MR) is 184 cm³/mol. The van der Waals surface area contributed by atoms with Crippen molar-refractivity contribution in [2.45, 2.75) is 156 Å². The molecule has 2 N–H and O–H groups in total. The molecule has 5 saturated carbocycles. The van der Waals surface area contributed by atoms with E-state index >= 15 is 0 Å². The van der Waals surface area contributed by atoms with Crippen LogP contribution in [0, 0.1) is 50.7 Å². The van der Waals surface area contributed by atoms with Crippen molar-refractivity contribution in [1.29, 1.82) is 0 Å². The molecule has 280 valence electrons. The predicted octanol–water partition coefficient (Wildman–Crippen LogP) is 5.73. The summed E-state index contributed by atoms with van der Waals surface area (Å²) in [6, 6.07) is 0. The summed E-state index contributed by atoms with van der Waals surface area (Å²) in [7, 11) is 0. The van der Waals surface area contributed by atoms with Gasteiger partial charge in [0.25, 0.3) is 0 Å². The molecule has 0 bridgehead atoms. The lowest BCUT2D eigenvalue weighted by Gasteiger charge is -2.64. The quantitative estimate of drug-likeness (QED) is 0.341. The Morgan fingerprint density at radius 3 is 2.56 bits per heavy atom. The van der Waals surface area contributed by atoms with Crippen molar-refractivity contribution in [3.63, 3.8) is 0 Å². The van der Waals surface area contributed by atoms with Gasteiger partial charge in [-0.15, -0.1) is 0 Å². The molecular formula is C40H62N2O8. The third-order valence-electron chi connectivity index (χ3n) is 16.4.